The Hall–Kier alpha value is -1.50. The largest absolute Gasteiger partial charge is 0.481 e. The molecule has 1 fully saturated rings. The van der Waals surface area contributed by atoms with Gasteiger partial charge in [0.15, 0.2) is 5.82 Å². The van der Waals surface area contributed by atoms with Crippen LogP contribution in [-0.2, 0) is 17.9 Å². The van der Waals surface area contributed by atoms with Crippen molar-refractivity contribution in [3.05, 3.63) is 5.82 Å². The molecule has 0 bridgehead atoms. The number of carboxylic acid groups (broad SMARTS) is 1. The van der Waals surface area contributed by atoms with Crippen LogP contribution in [0, 0.1) is 0 Å². The van der Waals surface area contributed by atoms with E-state index in [1.165, 1.54) is 0 Å². The van der Waals surface area contributed by atoms with Crippen molar-refractivity contribution in [2.75, 3.05) is 6.54 Å². The molecule has 1 aromatic heterocycles. The van der Waals surface area contributed by atoms with Gasteiger partial charge in [0.2, 0.25) is 0 Å². The molecular formula is C12H21N5O2. The molecule has 0 atom stereocenters. The first kappa shape index (κ1) is 13.9. The van der Waals surface area contributed by atoms with E-state index in [-0.39, 0.29) is 6.42 Å². The van der Waals surface area contributed by atoms with E-state index in [2.05, 4.69) is 27.3 Å². The van der Waals surface area contributed by atoms with Crippen LogP contribution >= 0.6 is 0 Å². The molecule has 1 aliphatic rings. The predicted molar refractivity (Wildman–Crippen MR) is 68.4 cm³/mol. The highest BCUT2D eigenvalue weighted by Gasteiger charge is 2.30. The SMILES string of the molecule is CCCCn1nnnc1CN(CCC(=O)O)C1CC1. The number of hydrogen-bond donors (Lipinski definition) is 1. The molecule has 7 nitrogen and oxygen atoms in total. The summed E-state index contributed by atoms with van der Waals surface area (Å²) in [5, 5.41) is 20.6. The maximum atomic E-state index is 10.7. The second kappa shape index (κ2) is 6.60. The number of unbranched alkanes of at least 4 members (excludes halogenated alkanes) is 1. The number of aromatic nitrogens is 4. The van der Waals surface area contributed by atoms with Crippen molar-refractivity contribution >= 4 is 5.97 Å². The second-order valence-electron chi connectivity index (χ2n) is 5.02. The van der Waals surface area contributed by atoms with E-state index in [1.807, 2.05) is 4.68 Å². The van der Waals surface area contributed by atoms with E-state index in [4.69, 9.17) is 5.11 Å². The monoisotopic (exact) mass is 267 g/mol. The molecule has 1 N–H and O–H groups in total. The number of nitrogens with zero attached hydrogens (tertiary/aromatic N) is 5. The van der Waals surface area contributed by atoms with Crippen molar-refractivity contribution < 1.29 is 9.90 Å². The lowest BCUT2D eigenvalue weighted by Crippen LogP contribution is -2.29. The van der Waals surface area contributed by atoms with Gasteiger partial charge in [-0.25, -0.2) is 4.68 Å². The average molecular weight is 267 g/mol. The first-order valence-electron chi connectivity index (χ1n) is 6.91. The number of tetrazole rings is 1. The van der Waals surface area contributed by atoms with Crippen LogP contribution in [-0.4, -0.2) is 48.8 Å². The summed E-state index contributed by atoms with van der Waals surface area (Å²) < 4.78 is 1.83. The van der Waals surface area contributed by atoms with E-state index < -0.39 is 5.97 Å². The van der Waals surface area contributed by atoms with Crippen molar-refractivity contribution in [2.45, 2.75) is 58.2 Å². The molecule has 0 saturated heterocycles. The van der Waals surface area contributed by atoms with Gasteiger partial charge in [0.1, 0.15) is 0 Å². The maximum absolute atomic E-state index is 10.7. The quantitative estimate of drug-likeness (QED) is 0.716. The van der Waals surface area contributed by atoms with Gasteiger partial charge in [-0.2, -0.15) is 0 Å². The normalized spacial score (nSPS) is 15.1. The summed E-state index contributed by atoms with van der Waals surface area (Å²) >= 11 is 0. The Bertz CT molecular complexity index is 416. The minimum Gasteiger partial charge on any atom is -0.481 e. The molecule has 1 aromatic rings. The lowest BCUT2D eigenvalue weighted by Gasteiger charge is -2.20. The summed E-state index contributed by atoms with van der Waals surface area (Å²) in [7, 11) is 0. The van der Waals surface area contributed by atoms with Gasteiger partial charge in [-0.15, -0.1) is 5.10 Å². The molecule has 2 rings (SSSR count). The van der Waals surface area contributed by atoms with Crippen molar-refractivity contribution in [2.24, 2.45) is 0 Å². The fourth-order valence-electron chi connectivity index (χ4n) is 2.07. The van der Waals surface area contributed by atoms with Crippen LogP contribution in [0.3, 0.4) is 0 Å². The molecule has 0 aromatic carbocycles. The lowest BCUT2D eigenvalue weighted by molar-refractivity contribution is -0.137. The van der Waals surface area contributed by atoms with Gasteiger partial charge in [0.25, 0.3) is 0 Å². The number of rotatable bonds is 9. The molecule has 106 valence electrons. The Morgan fingerprint density at radius 3 is 2.95 bits per heavy atom. The average Bonchev–Trinajstić information content (AvgIpc) is 3.13. The van der Waals surface area contributed by atoms with Crippen LogP contribution in [0.15, 0.2) is 0 Å². The van der Waals surface area contributed by atoms with E-state index in [0.717, 1.165) is 38.1 Å². The molecule has 0 unspecified atom stereocenters. The second-order valence-corrected chi connectivity index (χ2v) is 5.02. The molecule has 0 spiro atoms. The highest BCUT2D eigenvalue weighted by molar-refractivity contribution is 5.66. The minimum absolute atomic E-state index is 0.174. The van der Waals surface area contributed by atoms with Crippen LogP contribution in [0.25, 0.3) is 0 Å². The molecule has 0 radical (unpaired) electrons. The summed E-state index contributed by atoms with van der Waals surface area (Å²) in [5.41, 5.74) is 0. The Labute approximate surface area is 112 Å². The summed E-state index contributed by atoms with van der Waals surface area (Å²) in [6, 6.07) is 0.510. The Kier molecular flexibility index (Phi) is 4.84. The highest BCUT2D eigenvalue weighted by atomic mass is 16.4. The van der Waals surface area contributed by atoms with Crippen LogP contribution in [0.1, 0.15) is 44.9 Å². The van der Waals surface area contributed by atoms with Crippen LogP contribution in [0.4, 0.5) is 0 Å². The summed E-state index contributed by atoms with van der Waals surface area (Å²) in [6.07, 6.45) is 4.63. The zero-order valence-electron chi connectivity index (χ0n) is 11.3. The van der Waals surface area contributed by atoms with Gasteiger partial charge in [-0.3, -0.25) is 9.69 Å². The van der Waals surface area contributed by atoms with Gasteiger partial charge in [0.05, 0.1) is 13.0 Å². The van der Waals surface area contributed by atoms with Gasteiger partial charge in [-0.1, -0.05) is 13.3 Å². The van der Waals surface area contributed by atoms with E-state index in [1.54, 1.807) is 0 Å². The van der Waals surface area contributed by atoms with Crippen molar-refractivity contribution in [3.8, 4) is 0 Å². The lowest BCUT2D eigenvalue weighted by atomic mass is 10.3. The minimum atomic E-state index is -0.753. The van der Waals surface area contributed by atoms with Crippen LogP contribution in [0.2, 0.25) is 0 Å². The van der Waals surface area contributed by atoms with Gasteiger partial charge in [-0.05, 0) is 29.7 Å². The Morgan fingerprint density at radius 1 is 1.53 bits per heavy atom. The molecule has 0 amide bonds. The molecule has 0 aliphatic heterocycles. The number of aryl methyl sites for hydroxylation is 1. The van der Waals surface area contributed by atoms with Crippen LogP contribution < -0.4 is 0 Å². The molecule has 7 heteroatoms. The summed E-state index contributed by atoms with van der Waals surface area (Å²) in [4.78, 5) is 12.9. The predicted octanol–water partition coefficient (Wildman–Crippen LogP) is 0.912. The van der Waals surface area contributed by atoms with Gasteiger partial charge < -0.3 is 5.11 Å². The summed E-state index contributed by atoms with van der Waals surface area (Å²) in [5.74, 6) is 0.0852. The first-order chi connectivity index (χ1) is 9.20. The third-order valence-corrected chi connectivity index (χ3v) is 3.35. The van der Waals surface area contributed by atoms with Crippen molar-refractivity contribution in [1.82, 2.24) is 25.1 Å². The first-order valence-corrected chi connectivity index (χ1v) is 6.91. The summed E-state index contributed by atoms with van der Waals surface area (Å²) in [6.45, 7) is 4.18. The molecule has 1 saturated carbocycles. The fraction of sp³-hybridized carbons (Fsp3) is 0.833. The topological polar surface area (TPSA) is 84.1 Å². The molecule has 1 aliphatic carbocycles. The fourth-order valence-corrected chi connectivity index (χ4v) is 2.07. The van der Waals surface area contributed by atoms with E-state index in [0.29, 0.717) is 19.1 Å². The number of carboxylic acids is 1. The smallest absolute Gasteiger partial charge is 0.304 e. The van der Waals surface area contributed by atoms with Crippen LogP contribution in [0.5, 0.6) is 0 Å². The third-order valence-electron chi connectivity index (χ3n) is 3.35. The maximum Gasteiger partial charge on any atom is 0.304 e. The zero-order valence-corrected chi connectivity index (χ0v) is 11.3. The van der Waals surface area contributed by atoms with Gasteiger partial charge >= 0.3 is 5.97 Å². The Morgan fingerprint density at radius 2 is 2.32 bits per heavy atom. The highest BCUT2D eigenvalue weighted by Crippen LogP contribution is 2.28. The Balaban J connectivity index is 1.92. The standard InChI is InChI=1S/C12H21N5O2/c1-2-3-7-17-11(13-14-15-17)9-16(10-4-5-10)8-6-12(18)19/h10H,2-9H2,1H3,(H,18,19). The third kappa shape index (κ3) is 4.27. The molecular weight excluding hydrogens is 246 g/mol. The number of carbonyl (C=O) groups is 1. The van der Waals surface area contributed by atoms with Crippen molar-refractivity contribution in [1.29, 1.82) is 0 Å². The zero-order chi connectivity index (χ0) is 13.7. The van der Waals surface area contributed by atoms with Gasteiger partial charge in [0, 0.05) is 19.1 Å². The molecule has 19 heavy (non-hydrogen) atoms. The van der Waals surface area contributed by atoms with Crippen molar-refractivity contribution in [3.63, 3.8) is 0 Å². The number of hydrogen-bond acceptors (Lipinski definition) is 5. The van der Waals surface area contributed by atoms with E-state index >= 15 is 0 Å². The number of aliphatic carboxylic acids is 1. The molecule has 1 heterocycles. The van der Waals surface area contributed by atoms with E-state index in [9.17, 15) is 4.79 Å².